The molecule has 0 saturated carbocycles. The van der Waals surface area contributed by atoms with Crippen LogP contribution < -0.4 is 25.3 Å². The lowest BCUT2D eigenvalue weighted by Crippen LogP contribution is -2.34. The number of nitrogens with two attached hydrogens (primary N) is 1. The van der Waals surface area contributed by atoms with Gasteiger partial charge in [-0.3, -0.25) is 4.79 Å². The van der Waals surface area contributed by atoms with Crippen LogP contribution in [0.15, 0.2) is 23.4 Å². The number of aromatic nitrogens is 2. The van der Waals surface area contributed by atoms with Crippen LogP contribution in [0.4, 0.5) is 11.6 Å². The van der Waals surface area contributed by atoms with Crippen molar-refractivity contribution < 1.29 is 19.0 Å². The maximum Gasteiger partial charge on any atom is 0.200 e. The molecule has 0 amide bonds. The molecule has 4 N–H and O–H groups in total. The summed E-state index contributed by atoms with van der Waals surface area (Å²) in [5, 5.41) is 3.34. The maximum atomic E-state index is 13.4. The molecule has 1 unspecified atom stereocenters. The van der Waals surface area contributed by atoms with Gasteiger partial charge in [-0.1, -0.05) is 13.8 Å². The summed E-state index contributed by atoms with van der Waals surface area (Å²) in [5.74, 6) is 2.08. The first-order valence-electron chi connectivity index (χ1n) is 9.92. The van der Waals surface area contributed by atoms with Crippen molar-refractivity contribution in [2.75, 3.05) is 32.4 Å². The fourth-order valence-electron chi connectivity index (χ4n) is 4.55. The number of ketones is 1. The Bertz CT molecular complexity index is 1170. The van der Waals surface area contributed by atoms with Crippen molar-refractivity contribution in [2.45, 2.75) is 32.6 Å². The van der Waals surface area contributed by atoms with Crippen LogP contribution in [0.5, 0.6) is 17.2 Å². The molecule has 2 aromatic rings. The summed E-state index contributed by atoms with van der Waals surface area (Å²) in [5.41, 5.74) is 9.10. The van der Waals surface area contributed by atoms with Gasteiger partial charge in [0.1, 0.15) is 17.4 Å². The second kappa shape index (κ2) is 7.56. The van der Waals surface area contributed by atoms with Crippen LogP contribution >= 0.6 is 12.2 Å². The number of hydrogen-bond acceptors (Lipinski definition) is 8. The van der Waals surface area contributed by atoms with Crippen LogP contribution in [0.2, 0.25) is 0 Å². The third-order valence-electron chi connectivity index (χ3n) is 5.81. The van der Waals surface area contributed by atoms with Gasteiger partial charge in [-0.2, -0.15) is 0 Å². The quantitative estimate of drug-likeness (QED) is 0.611. The summed E-state index contributed by atoms with van der Waals surface area (Å²) >= 11 is 5.25. The van der Waals surface area contributed by atoms with Gasteiger partial charge in [0.25, 0.3) is 0 Å². The molecule has 1 aromatic heterocycles. The first-order valence-corrected chi connectivity index (χ1v) is 10.3. The third-order valence-corrected chi connectivity index (χ3v) is 6.01. The number of anilines is 2. The summed E-state index contributed by atoms with van der Waals surface area (Å²) in [6.45, 7) is 4.16. The molecule has 4 rings (SSSR count). The van der Waals surface area contributed by atoms with E-state index < -0.39 is 5.92 Å². The van der Waals surface area contributed by atoms with E-state index in [1.165, 1.54) is 0 Å². The van der Waals surface area contributed by atoms with E-state index in [-0.39, 0.29) is 16.0 Å². The van der Waals surface area contributed by atoms with Crippen molar-refractivity contribution >= 4 is 29.6 Å². The standard InChI is InChI=1S/C22H26N4O4S/c1-22(2)8-11-17(12(27)9-22)16(18-19(23)25-21(31)26-20(18)24-11)10-6-14(29-4)15(30-5)7-13(10)28-3/h6-7,16H,8-9H2,1-5H3,(H4,23,24,25,26,31). The van der Waals surface area contributed by atoms with Crippen molar-refractivity contribution in [1.82, 2.24) is 9.97 Å². The van der Waals surface area contributed by atoms with Crippen molar-refractivity contribution in [1.29, 1.82) is 0 Å². The Morgan fingerprint density at radius 1 is 1.10 bits per heavy atom. The third kappa shape index (κ3) is 3.52. The number of methoxy groups -OCH3 is 3. The number of carbonyl (C=O) groups excluding carboxylic acids is 1. The number of benzene rings is 1. The van der Waals surface area contributed by atoms with Crippen LogP contribution in [0.1, 0.15) is 43.7 Å². The molecule has 1 aromatic carbocycles. The number of allylic oxidation sites excluding steroid dienone is 2. The number of Topliss-reactive ketones (excluding diaryl/α,β-unsaturated/α-hetero) is 1. The van der Waals surface area contributed by atoms with Crippen LogP contribution in [0.25, 0.3) is 0 Å². The highest BCUT2D eigenvalue weighted by molar-refractivity contribution is 7.71. The molecule has 0 saturated heterocycles. The monoisotopic (exact) mass is 442 g/mol. The highest BCUT2D eigenvalue weighted by atomic mass is 32.1. The molecular weight excluding hydrogens is 416 g/mol. The second-order valence-corrected chi connectivity index (χ2v) is 8.94. The summed E-state index contributed by atoms with van der Waals surface area (Å²) in [7, 11) is 4.71. The number of nitrogens with zero attached hydrogens (tertiary/aromatic N) is 1. The molecule has 8 nitrogen and oxygen atoms in total. The van der Waals surface area contributed by atoms with Crippen LogP contribution in [0.3, 0.4) is 0 Å². The van der Waals surface area contributed by atoms with E-state index >= 15 is 0 Å². The van der Waals surface area contributed by atoms with Gasteiger partial charge in [0.2, 0.25) is 0 Å². The number of H-pyrrole nitrogens is 1. The minimum atomic E-state index is -0.496. The zero-order chi connectivity index (χ0) is 22.5. The zero-order valence-corrected chi connectivity index (χ0v) is 19.0. The fourth-order valence-corrected chi connectivity index (χ4v) is 4.75. The number of fused-ring (bicyclic) bond motifs is 1. The normalized spacial score (nSPS) is 19.3. The van der Waals surface area contributed by atoms with Crippen molar-refractivity contribution in [3.8, 4) is 17.2 Å². The Morgan fingerprint density at radius 2 is 1.74 bits per heavy atom. The maximum absolute atomic E-state index is 13.4. The number of aromatic amines is 1. The molecule has 31 heavy (non-hydrogen) atoms. The topological polar surface area (TPSA) is 111 Å². The van der Waals surface area contributed by atoms with Gasteiger partial charge in [0, 0.05) is 34.9 Å². The zero-order valence-electron chi connectivity index (χ0n) is 18.2. The summed E-state index contributed by atoms with van der Waals surface area (Å²) in [6, 6.07) is 3.58. The molecule has 2 heterocycles. The molecular formula is C22H26N4O4S. The Balaban J connectivity index is 2.05. The Kier molecular flexibility index (Phi) is 5.17. The van der Waals surface area contributed by atoms with Crippen LogP contribution in [-0.4, -0.2) is 37.1 Å². The molecule has 0 radical (unpaired) electrons. The number of ether oxygens (including phenoxy) is 3. The summed E-state index contributed by atoms with van der Waals surface area (Å²) < 4.78 is 16.9. The molecule has 1 aliphatic carbocycles. The van der Waals surface area contributed by atoms with E-state index in [2.05, 4.69) is 29.1 Å². The first kappa shape index (κ1) is 21.2. The lowest BCUT2D eigenvalue weighted by Gasteiger charge is -2.39. The smallest absolute Gasteiger partial charge is 0.200 e. The molecule has 2 aliphatic rings. The van der Waals surface area contributed by atoms with Crippen molar-refractivity contribution in [2.24, 2.45) is 5.41 Å². The SMILES string of the molecule is COc1cc(OC)c(C2C3=C(CC(C)(C)CC3=O)Nc3nc(=S)[nH]c(N)c32)cc1OC. The lowest BCUT2D eigenvalue weighted by molar-refractivity contribution is -0.118. The van der Waals surface area contributed by atoms with E-state index in [9.17, 15) is 4.79 Å². The molecule has 9 heteroatoms. The summed E-state index contributed by atoms with van der Waals surface area (Å²) in [6.07, 6.45) is 1.14. The van der Waals surface area contributed by atoms with Gasteiger partial charge in [0.05, 0.1) is 27.2 Å². The number of nitrogen functional groups attached to an aromatic ring is 1. The molecule has 0 bridgehead atoms. The average molecular weight is 443 g/mol. The molecule has 0 fully saturated rings. The van der Waals surface area contributed by atoms with Gasteiger partial charge >= 0.3 is 0 Å². The van der Waals surface area contributed by atoms with Gasteiger partial charge in [-0.25, -0.2) is 4.98 Å². The first-order chi connectivity index (χ1) is 14.7. The van der Waals surface area contributed by atoms with Crippen molar-refractivity contribution in [3.05, 3.63) is 39.3 Å². The number of hydrogen-bond donors (Lipinski definition) is 3. The Morgan fingerprint density at radius 3 is 2.39 bits per heavy atom. The van der Waals surface area contributed by atoms with E-state index in [0.29, 0.717) is 52.9 Å². The van der Waals surface area contributed by atoms with Gasteiger partial charge in [-0.05, 0) is 30.1 Å². The van der Waals surface area contributed by atoms with Crippen LogP contribution in [-0.2, 0) is 4.79 Å². The molecule has 0 spiro atoms. The highest BCUT2D eigenvalue weighted by Gasteiger charge is 2.43. The van der Waals surface area contributed by atoms with Crippen LogP contribution in [0, 0.1) is 10.2 Å². The minimum Gasteiger partial charge on any atom is -0.496 e. The fraction of sp³-hybridized carbons (Fsp3) is 0.409. The molecule has 164 valence electrons. The number of nitrogens with one attached hydrogen (secondary N) is 2. The Hall–Kier alpha value is -3.07. The van der Waals surface area contributed by atoms with E-state index in [0.717, 1.165) is 11.3 Å². The summed E-state index contributed by atoms with van der Waals surface area (Å²) in [4.78, 5) is 20.8. The molecule has 1 aliphatic heterocycles. The van der Waals surface area contributed by atoms with E-state index in [1.807, 2.05) is 6.07 Å². The van der Waals surface area contributed by atoms with E-state index in [4.69, 9.17) is 32.2 Å². The number of rotatable bonds is 4. The number of carbonyl (C=O) groups is 1. The lowest BCUT2D eigenvalue weighted by atomic mass is 9.69. The Labute approximate surface area is 185 Å². The predicted molar refractivity (Wildman–Crippen MR) is 120 cm³/mol. The second-order valence-electron chi connectivity index (χ2n) is 8.56. The minimum absolute atomic E-state index is 0.0630. The van der Waals surface area contributed by atoms with Crippen molar-refractivity contribution in [3.63, 3.8) is 0 Å². The highest BCUT2D eigenvalue weighted by Crippen LogP contribution is 2.52. The van der Waals surface area contributed by atoms with Gasteiger partial charge in [-0.15, -0.1) is 0 Å². The predicted octanol–water partition coefficient (Wildman–Crippen LogP) is 3.95. The largest absolute Gasteiger partial charge is 0.496 e. The van der Waals surface area contributed by atoms with Gasteiger partial charge in [0.15, 0.2) is 22.1 Å². The molecule has 1 atom stereocenters. The van der Waals surface area contributed by atoms with E-state index in [1.54, 1.807) is 27.4 Å². The average Bonchev–Trinajstić information content (AvgIpc) is 2.69. The van der Waals surface area contributed by atoms with Gasteiger partial charge < -0.3 is 30.2 Å².